The van der Waals surface area contributed by atoms with E-state index in [0.717, 1.165) is 11.3 Å². The molecule has 0 saturated heterocycles. The summed E-state index contributed by atoms with van der Waals surface area (Å²) in [6.45, 7) is 11.9. The Morgan fingerprint density at radius 2 is 1.58 bits per heavy atom. The topological polar surface area (TPSA) is 35.5 Å². The van der Waals surface area contributed by atoms with Gasteiger partial charge in [-0.05, 0) is 31.5 Å². The average molecular weight is 266 g/mol. The number of hydrogen-bond acceptors (Lipinski definition) is 3. The minimum atomic E-state index is -0.174. The van der Waals surface area contributed by atoms with Gasteiger partial charge in [0.15, 0.2) is 0 Å². The van der Waals surface area contributed by atoms with Crippen LogP contribution in [0.1, 0.15) is 47.1 Å². The monoisotopic (exact) mass is 266 g/mol. The Kier molecular flexibility index (Phi) is 8.68. The summed E-state index contributed by atoms with van der Waals surface area (Å²) in [5.74, 6) is 0.574. The molecule has 0 aliphatic heterocycles. The number of rotatable bonds is 5. The number of carbonyl (C=O) groups is 1. The Hall–Kier alpha value is -1.51. The maximum atomic E-state index is 11.3. The highest BCUT2D eigenvalue weighted by Crippen LogP contribution is 2.14. The molecule has 0 unspecified atom stereocenters. The van der Waals surface area contributed by atoms with Crippen LogP contribution in [0.3, 0.4) is 0 Å². The van der Waals surface area contributed by atoms with Crippen molar-refractivity contribution in [2.24, 2.45) is 5.92 Å². The lowest BCUT2D eigenvalue weighted by molar-refractivity contribution is -0.148. The third kappa shape index (κ3) is 7.50. The molecule has 0 amide bonds. The Labute approximate surface area is 116 Å². The van der Waals surface area contributed by atoms with Gasteiger partial charge in [0.1, 0.15) is 12.4 Å². The van der Waals surface area contributed by atoms with Crippen LogP contribution < -0.4 is 4.74 Å². The van der Waals surface area contributed by atoms with Crippen LogP contribution in [0.2, 0.25) is 0 Å². The first-order chi connectivity index (χ1) is 8.99. The largest absolute Gasteiger partial charge is 0.491 e. The van der Waals surface area contributed by atoms with Gasteiger partial charge in [0.25, 0.3) is 0 Å². The molecule has 1 rings (SSSR count). The molecule has 0 atom stereocenters. The summed E-state index contributed by atoms with van der Waals surface area (Å²) in [5, 5.41) is 0. The first-order valence-corrected chi connectivity index (χ1v) is 6.91. The summed E-state index contributed by atoms with van der Waals surface area (Å²) in [6, 6.07) is 7.59. The zero-order valence-corrected chi connectivity index (χ0v) is 12.9. The molecule has 19 heavy (non-hydrogen) atoms. The van der Waals surface area contributed by atoms with Crippen molar-refractivity contribution in [2.75, 3.05) is 0 Å². The second-order valence-corrected chi connectivity index (χ2v) is 4.57. The summed E-state index contributed by atoms with van der Waals surface area (Å²) < 4.78 is 10.7. The van der Waals surface area contributed by atoms with Gasteiger partial charge in [-0.25, -0.2) is 0 Å². The van der Waals surface area contributed by atoms with Crippen molar-refractivity contribution in [1.82, 2.24) is 0 Å². The molecule has 0 bridgehead atoms. The molecule has 0 fully saturated rings. The van der Waals surface area contributed by atoms with Crippen LogP contribution in [0.4, 0.5) is 0 Å². The Morgan fingerprint density at radius 1 is 1.05 bits per heavy atom. The van der Waals surface area contributed by atoms with E-state index in [1.54, 1.807) is 0 Å². The number of esters is 1. The van der Waals surface area contributed by atoms with Crippen molar-refractivity contribution in [3.05, 3.63) is 29.8 Å². The second kappa shape index (κ2) is 9.42. The van der Waals surface area contributed by atoms with Gasteiger partial charge in [-0.15, -0.1) is 0 Å². The van der Waals surface area contributed by atoms with Gasteiger partial charge >= 0.3 is 5.97 Å². The van der Waals surface area contributed by atoms with E-state index in [-0.39, 0.29) is 18.0 Å². The van der Waals surface area contributed by atoms with E-state index in [1.807, 2.05) is 65.8 Å². The first kappa shape index (κ1) is 17.5. The molecule has 0 saturated carbocycles. The van der Waals surface area contributed by atoms with Gasteiger partial charge in [-0.1, -0.05) is 39.8 Å². The number of carbonyl (C=O) groups excluding carboxylic acids is 1. The fourth-order valence-electron chi connectivity index (χ4n) is 1.26. The first-order valence-electron chi connectivity index (χ1n) is 6.91. The molecule has 1 aromatic carbocycles. The molecular formula is C16H26O3. The van der Waals surface area contributed by atoms with E-state index < -0.39 is 0 Å². The molecule has 0 aliphatic rings. The van der Waals surface area contributed by atoms with Crippen LogP contribution in [0, 0.1) is 5.92 Å². The SMILES string of the molecule is CC.CC(C)Oc1ccc(COC(=O)C(C)C)cc1. The van der Waals surface area contributed by atoms with Gasteiger partial charge in [0, 0.05) is 0 Å². The van der Waals surface area contributed by atoms with Crippen molar-refractivity contribution < 1.29 is 14.3 Å². The molecule has 0 spiro atoms. The highest BCUT2D eigenvalue weighted by Gasteiger charge is 2.08. The van der Waals surface area contributed by atoms with Crippen molar-refractivity contribution in [2.45, 2.75) is 54.3 Å². The predicted molar refractivity (Wildman–Crippen MR) is 78.2 cm³/mol. The molecule has 0 radical (unpaired) electrons. The molecule has 0 aliphatic carbocycles. The van der Waals surface area contributed by atoms with Crippen LogP contribution in [-0.2, 0) is 16.1 Å². The average Bonchev–Trinajstić information content (AvgIpc) is 2.39. The van der Waals surface area contributed by atoms with Crippen molar-refractivity contribution in [1.29, 1.82) is 0 Å². The van der Waals surface area contributed by atoms with E-state index in [0.29, 0.717) is 6.61 Å². The fourth-order valence-corrected chi connectivity index (χ4v) is 1.26. The second-order valence-electron chi connectivity index (χ2n) is 4.57. The van der Waals surface area contributed by atoms with Crippen LogP contribution >= 0.6 is 0 Å². The molecule has 3 heteroatoms. The van der Waals surface area contributed by atoms with Crippen molar-refractivity contribution >= 4 is 5.97 Å². The van der Waals surface area contributed by atoms with E-state index in [9.17, 15) is 4.79 Å². The molecule has 0 heterocycles. The Bertz CT molecular complexity index is 353. The molecule has 1 aromatic rings. The van der Waals surface area contributed by atoms with Gasteiger partial charge in [0.2, 0.25) is 0 Å². The standard InChI is InChI=1S/C14H20O3.C2H6/c1-10(2)14(15)16-9-12-5-7-13(8-6-12)17-11(3)4;1-2/h5-8,10-11H,9H2,1-4H3;1-2H3. The summed E-state index contributed by atoms with van der Waals surface area (Å²) in [5.41, 5.74) is 0.968. The molecule has 0 aromatic heterocycles. The summed E-state index contributed by atoms with van der Waals surface area (Å²) >= 11 is 0. The molecule has 108 valence electrons. The minimum Gasteiger partial charge on any atom is -0.491 e. The smallest absolute Gasteiger partial charge is 0.308 e. The fraction of sp³-hybridized carbons (Fsp3) is 0.562. The Morgan fingerprint density at radius 3 is 2.00 bits per heavy atom. The van der Waals surface area contributed by atoms with Crippen LogP contribution in [0.15, 0.2) is 24.3 Å². The number of benzene rings is 1. The highest BCUT2D eigenvalue weighted by atomic mass is 16.5. The zero-order valence-electron chi connectivity index (χ0n) is 12.9. The molecule has 3 nitrogen and oxygen atoms in total. The van der Waals surface area contributed by atoms with Crippen LogP contribution in [-0.4, -0.2) is 12.1 Å². The highest BCUT2D eigenvalue weighted by molar-refractivity contribution is 5.71. The van der Waals surface area contributed by atoms with Gasteiger partial charge in [0.05, 0.1) is 12.0 Å². The van der Waals surface area contributed by atoms with E-state index in [4.69, 9.17) is 9.47 Å². The van der Waals surface area contributed by atoms with E-state index in [2.05, 4.69) is 0 Å². The van der Waals surface area contributed by atoms with Crippen molar-refractivity contribution in [3.63, 3.8) is 0 Å². The summed E-state index contributed by atoms with van der Waals surface area (Å²) in [7, 11) is 0. The summed E-state index contributed by atoms with van der Waals surface area (Å²) in [4.78, 5) is 11.3. The number of ether oxygens (including phenoxy) is 2. The third-order valence-electron chi connectivity index (χ3n) is 2.15. The molecule has 0 N–H and O–H groups in total. The zero-order chi connectivity index (χ0) is 14.8. The maximum Gasteiger partial charge on any atom is 0.308 e. The van der Waals surface area contributed by atoms with Gasteiger partial charge in [-0.2, -0.15) is 0 Å². The Balaban J connectivity index is 0.00000154. The van der Waals surface area contributed by atoms with Gasteiger partial charge < -0.3 is 9.47 Å². The summed E-state index contributed by atoms with van der Waals surface area (Å²) in [6.07, 6.45) is 0.166. The van der Waals surface area contributed by atoms with Crippen LogP contribution in [0.5, 0.6) is 5.75 Å². The van der Waals surface area contributed by atoms with Gasteiger partial charge in [-0.3, -0.25) is 4.79 Å². The van der Waals surface area contributed by atoms with E-state index in [1.165, 1.54) is 0 Å². The minimum absolute atomic E-state index is 0.0847. The van der Waals surface area contributed by atoms with E-state index >= 15 is 0 Å². The molecular weight excluding hydrogens is 240 g/mol. The lowest BCUT2D eigenvalue weighted by atomic mass is 10.2. The number of hydrogen-bond donors (Lipinski definition) is 0. The lowest BCUT2D eigenvalue weighted by Crippen LogP contribution is -2.11. The quantitative estimate of drug-likeness (QED) is 0.749. The van der Waals surface area contributed by atoms with Crippen molar-refractivity contribution in [3.8, 4) is 5.75 Å². The van der Waals surface area contributed by atoms with Crippen LogP contribution in [0.25, 0.3) is 0 Å². The lowest BCUT2D eigenvalue weighted by Gasteiger charge is -2.10. The maximum absolute atomic E-state index is 11.3. The predicted octanol–water partition coefficient (Wildman–Crippen LogP) is 4.20. The third-order valence-corrected chi connectivity index (χ3v) is 2.15. The normalized spacial score (nSPS) is 9.89.